The van der Waals surface area contributed by atoms with Crippen molar-refractivity contribution in [2.75, 3.05) is 13.0 Å². The predicted octanol–water partition coefficient (Wildman–Crippen LogP) is 2.78. The first kappa shape index (κ1) is 12.3. The molecule has 0 saturated carbocycles. The summed E-state index contributed by atoms with van der Waals surface area (Å²) in [6, 6.07) is 1.88. The number of aromatic nitrogens is 3. The van der Waals surface area contributed by atoms with Crippen LogP contribution in [0.5, 0.6) is 5.75 Å². The van der Waals surface area contributed by atoms with Gasteiger partial charge in [-0.3, -0.25) is 4.98 Å². The second-order valence-corrected chi connectivity index (χ2v) is 4.81. The maximum atomic E-state index is 5.65. The fourth-order valence-electron chi connectivity index (χ4n) is 1.40. The first-order chi connectivity index (χ1) is 8.35. The molecule has 17 heavy (non-hydrogen) atoms. The molecule has 0 atom stereocenters. The van der Waals surface area contributed by atoms with E-state index in [1.165, 1.54) is 0 Å². The zero-order chi connectivity index (χ0) is 12.1. The van der Waals surface area contributed by atoms with E-state index < -0.39 is 0 Å². The van der Waals surface area contributed by atoms with E-state index in [0.29, 0.717) is 11.6 Å². The molecule has 90 valence electrons. The van der Waals surface area contributed by atoms with Gasteiger partial charge >= 0.3 is 0 Å². The number of halogens is 1. The Morgan fingerprint density at radius 3 is 3.06 bits per heavy atom. The molecular formula is C11H12ClN3OS. The summed E-state index contributed by atoms with van der Waals surface area (Å²) in [6.07, 6.45) is 5.19. The number of alkyl halides is 1. The second-order valence-electron chi connectivity index (χ2n) is 3.37. The minimum Gasteiger partial charge on any atom is -0.494 e. The molecule has 4 nitrogen and oxygen atoms in total. The van der Waals surface area contributed by atoms with Gasteiger partial charge in [0, 0.05) is 18.5 Å². The van der Waals surface area contributed by atoms with Gasteiger partial charge < -0.3 is 4.74 Å². The van der Waals surface area contributed by atoms with E-state index in [0.717, 1.165) is 28.4 Å². The zero-order valence-corrected chi connectivity index (χ0v) is 11.0. The molecule has 2 aromatic rings. The van der Waals surface area contributed by atoms with Crippen LogP contribution in [-0.2, 0) is 6.42 Å². The Bertz CT molecular complexity index is 489. The number of hydrogen-bond donors (Lipinski definition) is 0. The van der Waals surface area contributed by atoms with E-state index in [1.54, 1.807) is 30.8 Å². The van der Waals surface area contributed by atoms with Crippen molar-refractivity contribution in [1.29, 1.82) is 0 Å². The summed E-state index contributed by atoms with van der Waals surface area (Å²) in [6.45, 7) is 0. The van der Waals surface area contributed by atoms with E-state index in [1.807, 2.05) is 6.07 Å². The maximum Gasteiger partial charge on any atom is 0.151 e. The molecule has 2 heterocycles. The van der Waals surface area contributed by atoms with Crippen LogP contribution in [0.4, 0.5) is 0 Å². The summed E-state index contributed by atoms with van der Waals surface area (Å²) in [5.74, 6) is 1.36. The standard InChI is InChI=1S/C11H12ClN3OS/c1-16-9-7-13-6-4-8(9)11-15-14-10(17-11)3-2-5-12/h4,6-7H,2-3,5H2,1H3. The van der Waals surface area contributed by atoms with Crippen LogP contribution in [0.1, 0.15) is 11.4 Å². The topological polar surface area (TPSA) is 47.9 Å². The molecule has 2 rings (SSSR count). The van der Waals surface area contributed by atoms with Crippen molar-refractivity contribution in [3.05, 3.63) is 23.5 Å². The number of ether oxygens (including phenoxy) is 1. The Labute approximate surface area is 109 Å². The first-order valence-electron chi connectivity index (χ1n) is 5.22. The van der Waals surface area contributed by atoms with Crippen LogP contribution < -0.4 is 4.74 Å². The van der Waals surface area contributed by atoms with Gasteiger partial charge in [-0.15, -0.1) is 21.8 Å². The van der Waals surface area contributed by atoms with Gasteiger partial charge in [-0.1, -0.05) is 11.3 Å². The highest BCUT2D eigenvalue weighted by Crippen LogP contribution is 2.31. The number of nitrogens with zero attached hydrogens (tertiary/aromatic N) is 3. The SMILES string of the molecule is COc1cnccc1-c1nnc(CCCCl)s1. The molecule has 0 aliphatic rings. The Morgan fingerprint density at radius 2 is 2.29 bits per heavy atom. The smallest absolute Gasteiger partial charge is 0.151 e. The third-order valence-electron chi connectivity index (χ3n) is 2.23. The molecule has 0 amide bonds. The number of rotatable bonds is 5. The van der Waals surface area contributed by atoms with Crippen LogP contribution >= 0.6 is 22.9 Å². The third kappa shape index (κ3) is 2.92. The lowest BCUT2D eigenvalue weighted by atomic mass is 10.2. The molecule has 0 aliphatic heterocycles. The van der Waals surface area contributed by atoms with Crippen molar-refractivity contribution in [1.82, 2.24) is 15.2 Å². The number of methoxy groups -OCH3 is 1. The summed E-state index contributed by atoms with van der Waals surface area (Å²) in [7, 11) is 1.62. The molecule has 6 heteroatoms. The fraction of sp³-hybridized carbons (Fsp3) is 0.364. The summed E-state index contributed by atoms with van der Waals surface area (Å²) >= 11 is 7.22. The number of pyridine rings is 1. The van der Waals surface area contributed by atoms with Crippen LogP contribution in [-0.4, -0.2) is 28.2 Å². The quantitative estimate of drug-likeness (QED) is 0.783. The highest BCUT2D eigenvalue weighted by atomic mass is 35.5. The van der Waals surface area contributed by atoms with E-state index in [4.69, 9.17) is 16.3 Å². The third-order valence-corrected chi connectivity index (χ3v) is 3.51. The van der Waals surface area contributed by atoms with Crippen molar-refractivity contribution >= 4 is 22.9 Å². The highest BCUT2D eigenvalue weighted by molar-refractivity contribution is 7.14. The van der Waals surface area contributed by atoms with Gasteiger partial charge in [0.25, 0.3) is 0 Å². The van der Waals surface area contributed by atoms with Crippen LogP contribution in [0.3, 0.4) is 0 Å². The lowest BCUT2D eigenvalue weighted by Crippen LogP contribution is -1.88. The normalized spacial score (nSPS) is 10.5. The van der Waals surface area contributed by atoms with Crippen molar-refractivity contribution in [2.24, 2.45) is 0 Å². The molecule has 0 spiro atoms. The fourth-order valence-corrected chi connectivity index (χ4v) is 2.45. The van der Waals surface area contributed by atoms with E-state index in [9.17, 15) is 0 Å². The lowest BCUT2D eigenvalue weighted by molar-refractivity contribution is 0.414. The first-order valence-corrected chi connectivity index (χ1v) is 6.57. The van der Waals surface area contributed by atoms with Gasteiger partial charge in [0.2, 0.25) is 0 Å². The highest BCUT2D eigenvalue weighted by Gasteiger charge is 2.11. The van der Waals surface area contributed by atoms with Crippen molar-refractivity contribution in [3.8, 4) is 16.3 Å². The summed E-state index contributed by atoms with van der Waals surface area (Å²) in [5, 5.41) is 10.2. The summed E-state index contributed by atoms with van der Waals surface area (Å²) in [4.78, 5) is 4.01. The molecular weight excluding hydrogens is 258 g/mol. The van der Waals surface area contributed by atoms with Crippen LogP contribution in [0.25, 0.3) is 10.6 Å². The van der Waals surface area contributed by atoms with E-state index in [2.05, 4.69) is 15.2 Å². The lowest BCUT2D eigenvalue weighted by Gasteiger charge is -2.02. The van der Waals surface area contributed by atoms with Gasteiger partial charge in [0.15, 0.2) is 5.01 Å². The number of hydrogen-bond acceptors (Lipinski definition) is 5. The summed E-state index contributed by atoms with van der Waals surface area (Å²) in [5.41, 5.74) is 0.928. The molecule has 0 aliphatic carbocycles. The zero-order valence-electron chi connectivity index (χ0n) is 9.39. The number of aryl methyl sites for hydroxylation is 1. The molecule has 0 unspecified atom stereocenters. The maximum absolute atomic E-state index is 5.65. The predicted molar refractivity (Wildman–Crippen MR) is 68.7 cm³/mol. The Morgan fingerprint density at radius 1 is 1.41 bits per heavy atom. The minimum atomic E-state index is 0.646. The van der Waals surface area contributed by atoms with E-state index in [-0.39, 0.29) is 0 Å². The van der Waals surface area contributed by atoms with Crippen molar-refractivity contribution in [2.45, 2.75) is 12.8 Å². The molecule has 0 aromatic carbocycles. The minimum absolute atomic E-state index is 0.646. The molecule has 0 saturated heterocycles. The van der Waals surface area contributed by atoms with Gasteiger partial charge in [-0.05, 0) is 12.5 Å². The largest absolute Gasteiger partial charge is 0.494 e. The van der Waals surface area contributed by atoms with E-state index >= 15 is 0 Å². The van der Waals surface area contributed by atoms with Gasteiger partial charge in [-0.25, -0.2) is 0 Å². The van der Waals surface area contributed by atoms with Crippen LogP contribution in [0.2, 0.25) is 0 Å². The average Bonchev–Trinajstić information content (AvgIpc) is 2.85. The Balaban J connectivity index is 2.24. The van der Waals surface area contributed by atoms with Crippen LogP contribution in [0.15, 0.2) is 18.5 Å². The van der Waals surface area contributed by atoms with Gasteiger partial charge in [-0.2, -0.15) is 0 Å². The molecule has 0 N–H and O–H groups in total. The van der Waals surface area contributed by atoms with Crippen LogP contribution in [0, 0.1) is 0 Å². The Kier molecular flexibility index (Phi) is 4.28. The van der Waals surface area contributed by atoms with Gasteiger partial charge in [0.1, 0.15) is 10.8 Å². The summed E-state index contributed by atoms with van der Waals surface area (Å²) < 4.78 is 5.25. The van der Waals surface area contributed by atoms with Crippen molar-refractivity contribution in [3.63, 3.8) is 0 Å². The van der Waals surface area contributed by atoms with Crippen molar-refractivity contribution < 1.29 is 4.74 Å². The monoisotopic (exact) mass is 269 g/mol. The van der Waals surface area contributed by atoms with Gasteiger partial charge in [0.05, 0.1) is 18.9 Å². The molecule has 0 radical (unpaired) electrons. The molecule has 0 bridgehead atoms. The molecule has 0 fully saturated rings. The molecule has 2 aromatic heterocycles. The average molecular weight is 270 g/mol. The Hall–Kier alpha value is -1.20. The second kappa shape index (κ2) is 5.93.